The number of nitrogens with one attached hydrogen (secondary N) is 2. The van der Waals surface area contributed by atoms with E-state index < -0.39 is 5.97 Å². The van der Waals surface area contributed by atoms with Crippen molar-refractivity contribution < 1.29 is 19.1 Å². The Hall–Kier alpha value is -3.49. The van der Waals surface area contributed by atoms with Gasteiger partial charge in [0.15, 0.2) is 0 Å². The lowest BCUT2D eigenvalue weighted by molar-refractivity contribution is 0.0526. The summed E-state index contributed by atoms with van der Waals surface area (Å²) in [5, 5.41) is 6.32. The molecule has 0 bridgehead atoms. The van der Waals surface area contributed by atoms with Crippen molar-refractivity contribution in [3.8, 4) is 0 Å². The molecule has 1 aliphatic rings. The van der Waals surface area contributed by atoms with E-state index in [0.717, 1.165) is 35.5 Å². The zero-order valence-corrected chi connectivity index (χ0v) is 20.0. The van der Waals surface area contributed by atoms with Crippen LogP contribution in [-0.4, -0.2) is 42.9 Å². The molecule has 1 aromatic heterocycles. The molecule has 0 aliphatic carbocycles. The number of benzene rings is 2. The third-order valence-electron chi connectivity index (χ3n) is 5.66. The molecule has 0 saturated carbocycles. The third kappa shape index (κ3) is 5.35. The molecule has 4 rings (SSSR count). The van der Waals surface area contributed by atoms with E-state index in [2.05, 4.69) is 15.5 Å². The Morgan fingerprint density at radius 3 is 2.41 bits per heavy atom. The number of hydrogen-bond donors (Lipinski definition) is 2. The predicted octanol–water partition coefficient (Wildman–Crippen LogP) is 4.10. The number of nitrogens with zero attached hydrogens (tertiary/aromatic N) is 1. The van der Waals surface area contributed by atoms with Crippen LogP contribution in [0.4, 0.5) is 5.00 Å². The fraction of sp³-hybridized carbons (Fsp3) is 0.269. The summed E-state index contributed by atoms with van der Waals surface area (Å²) in [6.07, 6.45) is 0.746. The number of hydrogen-bond acceptors (Lipinski definition) is 6. The van der Waals surface area contributed by atoms with Gasteiger partial charge in [0.1, 0.15) is 5.00 Å². The zero-order valence-electron chi connectivity index (χ0n) is 19.2. The maximum absolute atomic E-state index is 12.9. The molecule has 0 spiro atoms. The van der Waals surface area contributed by atoms with Crippen molar-refractivity contribution in [2.24, 2.45) is 0 Å². The number of ether oxygens (including phenoxy) is 1. The molecule has 34 heavy (non-hydrogen) atoms. The molecule has 0 atom stereocenters. The lowest BCUT2D eigenvalue weighted by Crippen LogP contribution is -2.26. The van der Waals surface area contributed by atoms with E-state index in [1.165, 1.54) is 11.3 Å². The first-order valence-corrected chi connectivity index (χ1v) is 12.0. The number of likely N-dealkylation sites (N-methyl/N-ethyl adjacent to an activating group) is 1. The van der Waals surface area contributed by atoms with Gasteiger partial charge in [0.25, 0.3) is 11.8 Å². The number of fused-ring (bicyclic) bond motifs is 1. The summed E-state index contributed by atoms with van der Waals surface area (Å²) in [5.41, 5.74) is 3.39. The van der Waals surface area contributed by atoms with Gasteiger partial charge in [-0.15, -0.1) is 11.3 Å². The molecule has 1 aliphatic heterocycles. The normalized spacial score (nSPS) is 13.1. The number of anilines is 1. The van der Waals surface area contributed by atoms with Crippen LogP contribution in [0.2, 0.25) is 0 Å². The zero-order chi connectivity index (χ0) is 24.1. The van der Waals surface area contributed by atoms with Crippen molar-refractivity contribution >= 4 is 34.1 Å². The molecule has 3 aromatic rings. The second-order valence-corrected chi connectivity index (χ2v) is 9.22. The number of esters is 1. The van der Waals surface area contributed by atoms with Crippen molar-refractivity contribution in [2.45, 2.75) is 26.4 Å². The Kier molecular flexibility index (Phi) is 7.40. The monoisotopic (exact) mass is 477 g/mol. The summed E-state index contributed by atoms with van der Waals surface area (Å²) in [7, 11) is 2.04. The van der Waals surface area contributed by atoms with Crippen LogP contribution >= 0.6 is 11.3 Å². The number of carbonyl (C=O) groups is 3. The molecular weight excluding hydrogens is 450 g/mol. The fourth-order valence-corrected chi connectivity index (χ4v) is 5.17. The van der Waals surface area contributed by atoms with Crippen LogP contribution in [0.15, 0.2) is 54.6 Å². The maximum atomic E-state index is 12.9. The van der Waals surface area contributed by atoms with Crippen molar-refractivity contribution in [1.82, 2.24) is 10.2 Å². The molecule has 2 N–H and O–H groups in total. The van der Waals surface area contributed by atoms with Crippen LogP contribution in [-0.2, 0) is 24.2 Å². The molecule has 0 saturated heterocycles. The molecular formula is C26H27N3O4S. The Balaban J connectivity index is 1.44. The number of rotatable bonds is 7. The first-order valence-electron chi connectivity index (χ1n) is 11.2. The van der Waals surface area contributed by atoms with Crippen molar-refractivity contribution in [1.29, 1.82) is 0 Å². The van der Waals surface area contributed by atoms with Crippen LogP contribution < -0.4 is 10.6 Å². The van der Waals surface area contributed by atoms with Gasteiger partial charge in [0.2, 0.25) is 0 Å². The first-order chi connectivity index (χ1) is 16.5. The molecule has 8 heteroatoms. The number of amides is 2. The highest BCUT2D eigenvalue weighted by atomic mass is 32.1. The second kappa shape index (κ2) is 10.6. The Morgan fingerprint density at radius 2 is 1.71 bits per heavy atom. The Bertz CT molecular complexity index is 1190. The summed E-state index contributed by atoms with van der Waals surface area (Å²) in [5.74, 6) is -0.844. The first kappa shape index (κ1) is 23.7. The van der Waals surface area contributed by atoms with Gasteiger partial charge in [0.05, 0.1) is 12.2 Å². The van der Waals surface area contributed by atoms with Gasteiger partial charge < -0.3 is 20.3 Å². The topological polar surface area (TPSA) is 87.7 Å². The van der Waals surface area contributed by atoms with Gasteiger partial charge in [-0.25, -0.2) is 4.79 Å². The predicted molar refractivity (Wildman–Crippen MR) is 132 cm³/mol. The fourth-order valence-electron chi connectivity index (χ4n) is 3.86. The van der Waals surface area contributed by atoms with Crippen LogP contribution in [0.1, 0.15) is 54.0 Å². The van der Waals surface area contributed by atoms with E-state index in [1.54, 1.807) is 43.3 Å². The second-order valence-electron chi connectivity index (χ2n) is 8.12. The van der Waals surface area contributed by atoms with E-state index in [0.29, 0.717) is 28.2 Å². The van der Waals surface area contributed by atoms with Crippen LogP contribution in [0.25, 0.3) is 0 Å². The van der Waals surface area contributed by atoms with E-state index in [-0.39, 0.29) is 18.4 Å². The summed E-state index contributed by atoms with van der Waals surface area (Å²) < 4.78 is 5.27. The van der Waals surface area contributed by atoms with Gasteiger partial charge in [-0.05, 0) is 55.8 Å². The molecule has 0 radical (unpaired) electrons. The summed E-state index contributed by atoms with van der Waals surface area (Å²) >= 11 is 1.43. The average Bonchev–Trinajstić information content (AvgIpc) is 3.20. The molecule has 2 heterocycles. The minimum absolute atomic E-state index is 0.152. The van der Waals surface area contributed by atoms with Crippen LogP contribution in [0.3, 0.4) is 0 Å². The SMILES string of the molecule is CCOC(=O)c1c(NC(=O)c2ccc(CNC(=O)c3ccccc3)cc2)sc2c1CCN(C)C2. The highest BCUT2D eigenvalue weighted by molar-refractivity contribution is 7.17. The third-order valence-corrected chi connectivity index (χ3v) is 6.79. The summed E-state index contributed by atoms with van der Waals surface area (Å²) in [6, 6.07) is 16.1. The van der Waals surface area contributed by atoms with Crippen molar-refractivity contribution in [3.05, 3.63) is 87.3 Å². The van der Waals surface area contributed by atoms with Gasteiger partial charge >= 0.3 is 5.97 Å². The number of thiophene rings is 1. The van der Waals surface area contributed by atoms with Crippen LogP contribution in [0.5, 0.6) is 0 Å². The van der Waals surface area contributed by atoms with E-state index in [4.69, 9.17) is 4.74 Å². The Labute approximate surface area is 202 Å². The van der Waals surface area contributed by atoms with Crippen molar-refractivity contribution in [3.63, 3.8) is 0 Å². The molecule has 7 nitrogen and oxygen atoms in total. The minimum atomic E-state index is -0.399. The van der Waals surface area contributed by atoms with Gasteiger partial charge in [-0.3, -0.25) is 9.59 Å². The molecule has 0 unspecified atom stereocenters. The Morgan fingerprint density at radius 1 is 1.00 bits per heavy atom. The quantitative estimate of drug-likeness (QED) is 0.501. The summed E-state index contributed by atoms with van der Waals surface area (Å²) in [6.45, 7) is 4.00. The van der Waals surface area contributed by atoms with Crippen LogP contribution in [0, 0.1) is 0 Å². The summed E-state index contributed by atoms with van der Waals surface area (Å²) in [4.78, 5) is 41.1. The molecule has 176 valence electrons. The minimum Gasteiger partial charge on any atom is -0.462 e. The molecule has 2 aromatic carbocycles. The van der Waals surface area contributed by atoms with E-state index in [1.807, 2.05) is 25.2 Å². The highest BCUT2D eigenvalue weighted by Gasteiger charge is 2.28. The van der Waals surface area contributed by atoms with E-state index >= 15 is 0 Å². The van der Waals surface area contributed by atoms with Crippen molar-refractivity contribution in [2.75, 3.05) is 25.5 Å². The van der Waals surface area contributed by atoms with Gasteiger partial charge in [-0.2, -0.15) is 0 Å². The lowest BCUT2D eigenvalue weighted by Gasteiger charge is -2.22. The molecule has 2 amide bonds. The smallest absolute Gasteiger partial charge is 0.341 e. The highest BCUT2D eigenvalue weighted by Crippen LogP contribution is 2.37. The molecule has 0 fully saturated rings. The largest absolute Gasteiger partial charge is 0.462 e. The average molecular weight is 478 g/mol. The standard InChI is InChI=1S/C26H27N3O4S/c1-3-33-26(32)22-20-13-14-29(2)16-21(20)34-25(22)28-24(31)19-11-9-17(10-12-19)15-27-23(30)18-7-5-4-6-8-18/h4-12H,3,13-16H2,1-2H3,(H,27,30)(H,28,31). The van der Waals surface area contributed by atoms with Gasteiger partial charge in [0, 0.05) is 35.6 Å². The number of carbonyl (C=O) groups excluding carboxylic acids is 3. The maximum Gasteiger partial charge on any atom is 0.341 e. The van der Waals surface area contributed by atoms with Gasteiger partial charge in [-0.1, -0.05) is 30.3 Å². The lowest BCUT2D eigenvalue weighted by atomic mass is 10.0. The van der Waals surface area contributed by atoms with E-state index in [9.17, 15) is 14.4 Å².